The molecular weight excluding hydrogens is 222 g/mol. The summed E-state index contributed by atoms with van der Waals surface area (Å²) in [4.78, 5) is 9.13. The van der Waals surface area contributed by atoms with Crippen LogP contribution >= 0.6 is 0 Å². The first-order valence-electron chi connectivity index (χ1n) is 6.35. The monoisotopic (exact) mass is 239 g/mol. The Kier molecular flexibility index (Phi) is 2.63. The first-order valence-corrected chi connectivity index (χ1v) is 6.35. The second-order valence-electron chi connectivity index (χ2n) is 5.06. The summed E-state index contributed by atoms with van der Waals surface area (Å²) in [6.07, 6.45) is 4.07. The summed E-state index contributed by atoms with van der Waals surface area (Å²) in [6.45, 7) is 2.75. The molecule has 3 nitrogen and oxygen atoms in total. The van der Waals surface area contributed by atoms with E-state index in [1.165, 1.54) is 11.1 Å². The molecule has 1 saturated carbocycles. The summed E-state index contributed by atoms with van der Waals surface area (Å²) in [5.41, 5.74) is 9.30. The van der Waals surface area contributed by atoms with E-state index in [0.717, 1.165) is 24.4 Å². The fourth-order valence-electron chi connectivity index (χ4n) is 2.29. The van der Waals surface area contributed by atoms with Crippen molar-refractivity contribution in [3.05, 3.63) is 47.9 Å². The zero-order valence-corrected chi connectivity index (χ0v) is 10.6. The maximum atomic E-state index is 5.84. The number of nitrogens with zero attached hydrogens (tertiary/aromatic N) is 2. The van der Waals surface area contributed by atoms with Gasteiger partial charge in [-0.1, -0.05) is 24.3 Å². The van der Waals surface area contributed by atoms with E-state index in [2.05, 4.69) is 24.0 Å². The molecular formula is C15H17N3. The third kappa shape index (κ3) is 1.81. The lowest BCUT2D eigenvalue weighted by atomic mass is 10.0. The molecule has 2 N–H and O–H groups in total. The van der Waals surface area contributed by atoms with E-state index in [0.29, 0.717) is 6.54 Å². The average molecular weight is 239 g/mol. The summed E-state index contributed by atoms with van der Waals surface area (Å²) in [7, 11) is 0. The number of rotatable bonds is 3. The molecule has 1 aromatic heterocycles. The molecule has 3 rings (SSSR count). The van der Waals surface area contributed by atoms with Crippen molar-refractivity contribution in [2.24, 2.45) is 5.73 Å². The van der Waals surface area contributed by atoms with E-state index in [1.807, 2.05) is 24.4 Å². The highest BCUT2D eigenvalue weighted by Crippen LogP contribution is 2.45. The molecule has 2 aromatic rings. The molecule has 0 aliphatic heterocycles. The maximum absolute atomic E-state index is 5.84. The molecule has 0 radical (unpaired) electrons. The van der Waals surface area contributed by atoms with E-state index >= 15 is 0 Å². The Morgan fingerprint density at radius 3 is 2.67 bits per heavy atom. The minimum Gasteiger partial charge on any atom is -0.329 e. The van der Waals surface area contributed by atoms with Crippen molar-refractivity contribution in [3.8, 4) is 11.3 Å². The molecule has 1 aromatic carbocycles. The SMILES string of the molecule is Cc1ccccc1-c1ccnc(C2(CN)CC2)n1. The second-order valence-corrected chi connectivity index (χ2v) is 5.06. The van der Waals surface area contributed by atoms with Gasteiger partial charge < -0.3 is 5.73 Å². The summed E-state index contributed by atoms with van der Waals surface area (Å²) in [6, 6.07) is 10.3. The topological polar surface area (TPSA) is 51.8 Å². The smallest absolute Gasteiger partial charge is 0.136 e. The number of aryl methyl sites for hydroxylation is 1. The first kappa shape index (κ1) is 11.4. The van der Waals surface area contributed by atoms with Crippen LogP contribution in [0.25, 0.3) is 11.3 Å². The number of hydrogen-bond acceptors (Lipinski definition) is 3. The fourth-order valence-corrected chi connectivity index (χ4v) is 2.29. The van der Waals surface area contributed by atoms with Crippen LogP contribution < -0.4 is 5.73 Å². The Morgan fingerprint density at radius 2 is 2.00 bits per heavy atom. The average Bonchev–Trinajstić information content (AvgIpc) is 3.20. The van der Waals surface area contributed by atoms with Crippen LogP contribution in [0.4, 0.5) is 0 Å². The first-order chi connectivity index (χ1) is 8.75. The van der Waals surface area contributed by atoms with Crippen molar-refractivity contribution in [2.45, 2.75) is 25.2 Å². The van der Waals surface area contributed by atoms with Gasteiger partial charge in [0.15, 0.2) is 0 Å². The van der Waals surface area contributed by atoms with Gasteiger partial charge in [0.05, 0.1) is 5.69 Å². The molecule has 1 aliphatic carbocycles. The quantitative estimate of drug-likeness (QED) is 0.895. The molecule has 0 saturated heterocycles. The largest absolute Gasteiger partial charge is 0.329 e. The van der Waals surface area contributed by atoms with Crippen LogP contribution in [-0.4, -0.2) is 16.5 Å². The minimum absolute atomic E-state index is 0.0543. The van der Waals surface area contributed by atoms with Crippen molar-refractivity contribution in [3.63, 3.8) is 0 Å². The van der Waals surface area contributed by atoms with Gasteiger partial charge in [-0.25, -0.2) is 9.97 Å². The van der Waals surface area contributed by atoms with Crippen molar-refractivity contribution >= 4 is 0 Å². The van der Waals surface area contributed by atoms with E-state index in [-0.39, 0.29) is 5.41 Å². The number of aromatic nitrogens is 2. The third-order valence-electron chi connectivity index (χ3n) is 3.80. The van der Waals surface area contributed by atoms with Gasteiger partial charge in [0.1, 0.15) is 5.82 Å². The Labute approximate surface area is 107 Å². The molecule has 92 valence electrons. The van der Waals surface area contributed by atoms with Crippen molar-refractivity contribution in [1.29, 1.82) is 0 Å². The van der Waals surface area contributed by atoms with Gasteiger partial charge in [0.2, 0.25) is 0 Å². The van der Waals surface area contributed by atoms with E-state index < -0.39 is 0 Å². The highest BCUT2D eigenvalue weighted by Gasteiger charge is 2.45. The predicted octanol–water partition coefficient (Wildman–Crippen LogP) is 2.44. The lowest BCUT2D eigenvalue weighted by Crippen LogP contribution is -2.22. The van der Waals surface area contributed by atoms with Crippen LogP contribution in [0.5, 0.6) is 0 Å². The second kappa shape index (κ2) is 4.18. The lowest BCUT2D eigenvalue weighted by Gasteiger charge is -2.12. The van der Waals surface area contributed by atoms with E-state index in [9.17, 15) is 0 Å². The van der Waals surface area contributed by atoms with Crippen LogP contribution in [-0.2, 0) is 5.41 Å². The summed E-state index contributed by atoms with van der Waals surface area (Å²) in [5.74, 6) is 0.908. The summed E-state index contributed by atoms with van der Waals surface area (Å²) >= 11 is 0. The van der Waals surface area contributed by atoms with Crippen LogP contribution in [0.2, 0.25) is 0 Å². The van der Waals surface area contributed by atoms with Gasteiger partial charge in [0.25, 0.3) is 0 Å². The van der Waals surface area contributed by atoms with Gasteiger partial charge in [-0.3, -0.25) is 0 Å². The molecule has 0 spiro atoms. The number of hydrogen-bond donors (Lipinski definition) is 1. The maximum Gasteiger partial charge on any atom is 0.136 e. The standard InChI is InChI=1S/C15H17N3/c1-11-4-2-3-5-12(11)13-6-9-17-14(18-13)15(10-16)7-8-15/h2-6,9H,7-8,10,16H2,1H3. The van der Waals surface area contributed by atoms with E-state index in [1.54, 1.807) is 0 Å². The van der Waals surface area contributed by atoms with Gasteiger partial charge in [-0.2, -0.15) is 0 Å². The molecule has 1 fully saturated rings. The minimum atomic E-state index is 0.0543. The predicted molar refractivity (Wildman–Crippen MR) is 72.2 cm³/mol. The number of nitrogens with two attached hydrogens (primary N) is 1. The lowest BCUT2D eigenvalue weighted by molar-refractivity contribution is 0.649. The fraction of sp³-hybridized carbons (Fsp3) is 0.333. The normalized spacial score (nSPS) is 16.6. The van der Waals surface area contributed by atoms with Crippen molar-refractivity contribution in [2.75, 3.05) is 6.54 Å². The Hall–Kier alpha value is -1.74. The van der Waals surface area contributed by atoms with Gasteiger partial charge in [0, 0.05) is 23.7 Å². The number of benzene rings is 1. The van der Waals surface area contributed by atoms with Crippen molar-refractivity contribution in [1.82, 2.24) is 9.97 Å². The third-order valence-corrected chi connectivity index (χ3v) is 3.80. The van der Waals surface area contributed by atoms with Gasteiger partial charge in [-0.15, -0.1) is 0 Å². The zero-order chi connectivity index (χ0) is 12.6. The Morgan fingerprint density at radius 1 is 1.22 bits per heavy atom. The molecule has 0 bridgehead atoms. The van der Waals surface area contributed by atoms with Crippen LogP contribution in [0, 0.1) is 6.92 Å². The highest BCUT2D eigenvalue weighted by molar-refractivity contribution is 5.63. The summed E-state index contributed by atoms with van der Waals surface area (Å²) < 4.78 is 0. The van der Waals surface area contributed by atoms with Gasteiger partial charge >= 0.3 is 0 Å². The molecule has 1 heterocycles. The highest BCUT2D eigenvalue weighted by atomic mass is 14.9. The molecule has 1 aliphatic rings. The zero-order valence-electron chi connectivity index (χ0n) is 10.6. The molecule has 3 heteroatoms. The van der Waals surface area contributed by atoms with E-state index in [4.69, 9.17) is 10.7 Å². The van der Waals surface area contributed by atoms with Crippen LogP contribution in [0.1, 0.15) is 24.2 Å². The van der Waals surface area contributed by atoms with Crippen LogP contribution in [0.3, 0.4) is 0 Å². The summed E-state index contributed by atoms with van der Waals surface area (Å²) in [5, 5.41) is 0. The molecule has 0 unspecified atom stereocenters. The van der Waals surface area contributed by atoms with Crippen molar-refractivity contribution < 1.29 is 0 Å². The van der Waals surface area contributed by atoms with Crippen LogP contribution in [0.15, 0.2) is 36.5 Å². The molecule has 18 heavy (non-hydrogen) atoms. The molecule has 0 atom stereocenters. The molecule has 0 amide bonds. The van der Waals surface area contributed by atoms with Gasteiger partial charge in [-0.05, 0) is 31.4 Å². The Balaban J connectivity index is 2.04. The Bertz CT molecular complexity index is 573.